The summed E-state index contributed by atoms with van der Waals surface area (Å²) >= 11 is 0. The minimum Gasteiger partial charge on any atom is -0.439 e. The van der Waals surface area contributed by atoms with Gasteiger partial charge in [0, 0.05) is 12.6 Å². The van der Waals surface area contributed by atoms with Crippen LogP contribution < -0.4 is 10.1 Å². The van der Waals surface area contributed by atoms with Crippen LogP contribution in [-0.4, -0.2) is 11.5 Å². The first-order valence-corrected chi connectivity index (χ1v) is 7.13. The highest BCUT2D eigenvalue weighted by Crippen LogP contribution is 2.24. The second-order valence-electron chi connectivity index (χ2n) is 5.08. The van der Waals surface area contributed by atoms with Crippen LogP contribution in [-0.2, 0) is 6.54 Å². The van der Waals surface area contributed by atoms with Gasteiger partial charge in [-0.25, -0.2) is 4.98 Å². The summed E-state index contributed by atoms with van der Waals surface area (Å²) in [4.78, 5) is 4.50. The van der Waals surface area contributed by atoms with Crippen LogP contribution in [0.2, 0.25) is 0 Å². The van der Waals surface area contributed by atoms with E-state index in [0.29, 0.717) is 11.8 Å². The maximum absolute atomic E-state index is 5.85. The molecule has 3 nitrogen and oxygen atoms in total. The SMILES string of the molecule is CCNCc1cccc(Oc2cccc(C(C)C)c2)n1. The first-order chi connectivity index (χ1) is 9.69. The lowest BCUT2D eigenvalue weighted by molar-refractivity contribution is 0.458. The van der Waals surface area contributed by atoms with Crippen molar-refractivity contribution in [3.63, 3.8) is 0 Å². The number of ether oxygens (including phenoxy) is 1. The number of nitrogens with one attached hydrogen (secondary N) is 1. The van der Waals surface area contributed by atoms with Crippen molar-refractivity contribution < 1.29 is 4.74 Å². The first kappa shape index (κ1) is 14.5. The summed E-state index contributed by atoms with van der Waals surface area (Å²) in [6.45, 7) is 8.13. The Morgan fingerprint density at radius 3 is 2.70 bits per heavy atom. The topological polar surface area (TPSA) is 34.1 Å². The number of nitrogens with zero attached hydrogens (tertiary/aromatic N) is 1. The molecule has 0 unspecified atom stereocenters. The van der Waals surface area contributed by atoms with E-state index in [4.69, 9.17) is 4.74 Å². The number of benzene rings is 1. The molecule has 1 N–H and O–H groups in total. The largest absolute Gasteiger partial charge is 0.439 e. The van der Waals surface area contributed by atoms with Gasteiger partial charge in [-0.2, -0.15) is 0 Å². The van der Waals surface area contributed by atoms with E-state index in [-0.39, 0.29) is 0 Å². The number of rotatable bonds is 6. The highest BCUT2D eigenvalue weighted by atomic mass is 16.5. The van der Waals surface area contributed by atoms with Crippen LogP contribution >= 0.6 is 0 Å². The highest BCUT2D eigenvalue weighted by Gasteiger charge is 2.04. The quantitative estimate of drug-likeness (QED) is 0.857. The summed E-state index contributed by atoms with van der Waals surface area (Å²) in [7, 11) is 0. The third kappa shape index (κ3) is 4.07. The lowest BCUT2D eigenvalue weighted by atomic mass is 10.0. The van der Waals surface area contributed by atoms with Gasteiger partial charge in [-0.1, -0.05) is 39.0 Å². The smallest absolute Gasteiger partial charge is 0.219 e. The molecule has 0 bridgehead atoms. The zero-order valence-corrected chi connectivity index (χ0v) is 12.4. The number of pyridine rings is 1. The van der Waals surface area contributed by atoms with E-state index in [9.17, 15) is 0 Å². The Morgan fingerprint density at radius 1 is 1.15 bits per heavy atom. The van der Waals surface area contributed by atoms with Crippen molar-refractivity contribution in [3.05, 3.63) is 53.7 Å². The van der Waals surface area contributed by atoms with Crippen molar-refractivity contribution in [3.8, 4) is 11.6 Å². The molecule has 1 heterocycles. The van der Waals surface area contributed by atoms with Crippen LogP contribution in [0.4, 0.5) is 0 Å². The molecule has 1 aromatic carbocycles. The van der Waals surface area contributed by atoms with Crippen LogP contribution in [0.15, 0.2) is 42.5 Å². The van der Waals surface area contributed by atoms with Crippen molar-refractivity contribution in [1.29, 1.82) is 0 Å². The number of hydrogen-bond donors (Lipinski definition) is 1. The van der Waals surface area contributed by atoms with Gasteiger partial charge in [-0.15, -0.1) is 0 Å². The Hall–Kier alpha value is -1.87. The predicted octanol–water partition coefficient (Wildman–Crippen LogP) is 4.11. The fourth-order valence-corrected chi connectivity index (χ4v) is 1.92. The van der Waals surface area contributed by atoms with Crippen LogP contribution in [0.3, 0.4) is 0 Å². The number of aromatic nitrogens is 1. The minimum absolute atomic E-state index is 0.492. The number of hydrogen-bond acceptors (Lipinski definition) is 3. The van der Waals surface area contributed by atoms with E-state index in [2.05, 4.69) is 43.2 Å². The molecule has 2 aromatic rings. The van der Waals surface area contributed by atoms with Crippen LogP contribution in [0, 0.1) is 0 Å². The van der Waals surface area contributed by atoms with Gasteiger partial charge in [0.15, 0.2) is 0 Å². The summed E-state index contributed by atoms with van der Waals surface area (Å²) in [6.07, 6.45) is 0. The van der Waals surface area contributed by atoms with Crippen LogP contribution in [0.1, 0.15) is 37.9 Å². The van der Waals surface area contributed by atoms with Crippen molar-refractivity contribution in [2.75, 3.05) is 6.54 Å². The zero-order valence-electron chi connectivity index (χ0n) is 12.4. The standard InChI is InChI=1S/C17H22N2O/c1-4-18-12-15-8-6-10-17(19-15)20-16-9-5-7-14(11-16)13(2)3/h5-11,13,18H,4,12H2,1-3H3. The molecule has 0 aliphatic heterocycles. The van der Waals surface area contributed by atoms with Crippen molar-refractivity contribution in [1.82, 2.24) is 10.3 Å². The van der Waals surface area contributed by atoms with Gasteiger partial charge >= 0.3 is 0 Å². The lowest BCUT2D eigenvalue weighted by Crippen LogP contribution is -2.12. The average molecular weight is 270 g/mol. The Kier molecular flexibility index (Phi) is 5.13. The van der Waals surface area contributed by atoms with Gasteiger partial charge in [0.25, 0.3) is 0 Å². The van der Waals surface area contributed by atoms with Crippen molar-refractivity contribution in [2.24, 2.45) is 0 Å². The van der Waals surface area contributed by atoms with E-state index in [1.165, 1.54) is 5.56 Å². The third-order valence-electron chi connectivity index (χ3n) is 3.08. The molecule has 106 valence electrons. The average Bonchev–Trinajstić information content (AvgIpc) is 2.46. The van der Waals surface area contributed by atoms with E-state index in [1.54, 1.807) is 0 Å². The molecule has 0 fully saturated rings. The first-order valence-electron chi connectivity index (χ1n) is 7.13. The van der Waals surface area contributed by atoms with Gasteiger partial charge in [-0.3, -0.25) is 0 Å². The predicted molar refractivity (Wildman–Crippen MR) is 82.2 cm³/mol. The van der Waals surface area contributed by atoms with Gasteiger partial charge < -0.3 is 10.1 Å². The summed E-state index contributed by atoms with van der Waals surface area (Å²) in [5.41, 5.74) is 2.26. The van der Waals surface area contributed by atoms with Gasteiger partial charge in [0.2, 0.25) is 5.88 Å². The summed E-state index contributed by atoms with van der Waals surface area (Å²) in [5.74, 6) is 1.97. The van der Waals surface area contributed by atoms with Gasteiger partial charge in [-0.05, 0) is 36.2 Å². The molecule has 1 aromatic heterocycles. The highest BCUT2D eigenvalue weighted by molar-refractivity contribution is 5.33. The van der Waals surface area contributed by atoms with Gasteiger partial charge in [0.1, 0.15) is 5.75 Å². The molecule has 0 spiro atoms. The normalized spacial score (nSPS) is 10.8. The third-order valence-corrected chi connectivity index (χ3v) is 3.08. The molecule has 2 rings (SSSR count). The Balaban J connectivity index is 2.11. The fourth-order valence-electron chi connectivity index (χ4n) is 1.92. The molecule has 0 atom stereocenters. The molecular weight excluding hydrogens is 248 g/mol. The van der Waals surface area contributed by atoms with Crippen LogP contribution in [0.5, 0.6) is 11.6 Å². The molecule has 0 aliphatic rings. The molecule has 0 saturated carbocycles. The second-order valence-corrected chi connectivity index (χ2v) is 5.08. The summed E-state index contributed by atoms with van der Waals surface area (Å²) in [6, 6.07) is 14.0. The minimum atomic E-state index is 0.492. The maximum Gasteiger partial charge on any atom is 0.219 e. The molecule has 20 heavy (non-hydrogen) atoms. The monoisotopic (exact) mass is 270 g/mol. The van der Waals surface area contributed by atoms with E-state index in [0.717, 1.165) is 24.5 Å². The Morgan fingerprint density at radius 2 is 1.95 bits per heavy atom. The summed E-state index contributed by atoms with van der Waals surface area (Å²) < 4.78 is 5.85. The lowest BCUT2D eigenvalue weighted by Gasteiger charge is -2.10. The van der Waals surface area contributed by atoms with Crippen molar-refractivity contribution >= 4 is 0 Å². The second kappa shape index (κ2) is 7.06. The molecule has 0 aliphatic carbocycles. The molecular formula is C17H22N2O. The zero-order chi connectivity index (χ0) is 14.4. The van der Waals surface area contributed by atoms with E-state index in [1.807, 2.05) is 30.3 Å². The Labute approximate surface area is 121 Å². The maximum atomic E-state index is 5.85. The fraction of sp³-hybridized carbons (Fsp3) is 0.353. The van der Waals surface area contributed by atoms with E-state index < -0.39 is 0 Å². The van der Waals surface area contributed by atoms with Crippen molar-refractivity contribution in [2.45, 2.75) is 33.2 Å². The molecule has 3 heteroatoms. The van der Waals surface area contributed by atoms with Gasteiger partial charge in [0.05, 0.1) is 5.69 Å². The van der Waals surface area contributed by atoms with E-state index >= 15 is 0 Å². The molecule has 0 amide bonds. The molecule has 0 saturated heterocycles. The summed E-state index contributed by atoms with van der Waals surface area (Å²) in [5, 5.41) is 3.26. The van der Waals surface area contributed by atoms with Crippen LogP contribution in [0.25, 0.3) is 0 Å². The Bertz CT molecular complexity index is 552. The molecule has 0 radical (unpaired) electrons.